The number of nitrogens with zero attached hydrogens (tertiary/aromatic N) is 2. The SMILES string of the molecule is CS(=O)(=O)N1CCc2c(cncc2C(=O)Nc2ccc(F)cc2)C1. The van der Waals surface area contributed by atoms with E-state index in [2.05, 4.69) is 10.3 Å². The molecule has 1 aliphatic heterocycles. The van der Waals surface area contributed by atoms with Gasteiger partial charge in [-0.3, -0.25) is 9.78 Å². The first-order chi connectivity index (χ1) is 11.3. The van der Waals surface area contributed by atoms with E-state index in [0.29, 0.717) is 24.2 Å². The van der Waals surface area contributed by atoms with Gasteiger partial charge >= 0.3 is 0 Å². The van der Waals surface area contributed by atoms with Crippen molar-refractivity contribution in [2.75, 3.05) is 18.1 Å². The van der Waals surface area contributed by atoms with Gasteiger partial charge in [-0.1, -0.05) is 0 Å². The van der Waals surface area contributed by atoms with Crippen LogP contribution in [0.1, 0.15) is 21.5 Å². The van der Waals surface area contributed by atoms with Crippen LogP contribution in [-0.2, 0) is 23.0 Å². The third kappa shape index (κ3) is 3.44. The number of benzene rings is 1. The molecule has 3 rings (SSSR count). The molecular weight excluding hydrogens is 333 g/mol. The zero-order chi connectivity index (χ0) is 17.3. The number of hydrogen-bond donors (Lipinski definition) is 1. The lowest BCUT2D eigenvalue weighted by molar-refractivity contribution is 0.102. The zero-order valence-corrected chi connectivity index (χ0v) is 13.8. The second-order valence-corrected chi connectivity index (χ2v) is 7.61. The Hall–Kier alpha value is -2.32. The van der Waals surface area contributed by atoms with Crippen molar-refractivity contribution in [2.24, 2.45) is 0 Å². The first kappa shape index (κ1) is 16.5. The fourth-order valence-corrected chi connectivity index (χ4v) is 3.47. The van der Waals surface area contributed by atoms with E-state index >= 15 is 0 Å². The van der Waals surface area contributed by atoms with Crippen LogP contribution >= 0.6 is 0 Å². The highest BCUT2D eigenvalue weighted by Gasteiger charge is 2.26. The molecule has 8 heteroatoms. The summed E-state index contributed by atoms with van der Waals surface area (Å²) in [5.41, 5.74) is 2.40. The summed E-state index contributed by atoms with van der Waals surface area (Å²) >= 11 is 0. The topological polar surface area (TPSA) is 79.4 Å². The molecule has 1 aliphatic rings. The van der Waals surface area contributed by atoms with Gasteiger partial charge in [0.2, 0.25) is 10.0 Å². The average molecular weight is 349 g/mol. The number of aromatic nitrogens is 1. The van der Waals surface area contributed by atoms with Crippen molar-refractivity contribution in [2.45, 2.75) is 13.0 Å². The molecule has 6 nitrogen and oxygen atoms in total. The standard InChI is InChI=1S/C16H16FN3O3S/c1-24(22,23)20-7-6-14-11(10-20)8-18-9-15(14)16(21)19-13-4-2-12(17)3-5-13/h2-5,8-9H,6-7,10H2,1H3,(H,19,21). The minimum absolute atomic E-state index is 0.207. The summed E-state index contributed by atoms with van der Waals surface area (Å²) in [6, 6.07) is 5.47. The molecule has 2 aromatic rings. The molecule has 0 spiro atoms. The number of halogens is 1. The number of fused-ring (bicyclic) bond motifs is 1. The van der Waals surface area contributed by atoms with Crippen molar-refractivity contribution < 1.29 is 17.6 Å². The van der Waals surface area contributed by atoms with Gasteiger partial charge in [-0.2, -0.15) is 4.31 Å². The molecule has 1 aromatic carbocycles. The Bertz CT molecular complexity index is 882. The minimum Gasteiger partial charge on any atom is -0.322 e. The van der Waals surface area contributed by atoms with E-state index < -0.39 is 10.0 Å². The lowest BCUT2D eigenvalue weighted by Crippen LogP contribution is -2.36. The maximum Gasteiger partial charge on any atom is 0.257 e. The summed E-state index contributed by atoms with van der Waals surface area (Å²) in [6.07, 6.45) is 4.66. The molecule has 0 aliphatic carbocycles. The first-order valence-corrected chi connectivity index (χ1v) is 9.17. The van der Waals surface area contributed by atoms with Gasteiger partial charge in [-0.25, -0.2) is 12.8 Å². The number of nitrogens with one attached hydrogen (secondary N) is 1. The largest absolute Gasteiger partial charge is 0.322 e. The van der Waals surface area contributed by atoms with E-state index in [1.807, 2.05) is 0 Å². The van der Waals surface area contributed by atoms with Crippen LogP contribution in [0, 0.1) is 5.82 Å². The molecule has 0 saturated heterocycles. The highest BCUT2D eigenvalue weighted by Crippen LogP contribution is 2.24. The van der Waals surface area contributed by atoms with Gasteiger partial charge in [0.05, 0.1) is 11.8 Å². The van der Waals surface area contributed by atoms with Gasteiger partial charge in [0.1, 0.15) is 5.82 Å². The maximum atomic E-state index is 12.9. The van der Waals surface area contributed by atoms with E-state index in [1.54, 1.807) is 6.20 Å². The molecule has 0 fully saturated rings. The number of pyridine rings is 1. The number of sulfonamides is 1. The fraction of sp³-hybridized carbons (Fsp3) is 0.250. The van der Waals surface area contributed by atoms with Crippen molar-refractivity contribution in [1.29, 1.82) is 0 Å². The second-order valence-electron chi connectivity index (χ2n) is 5.63. The van der Waals surface area contributed by atoms with Gasteiger partial charge in [-0.05, 0) is 41.8 Å². The molecule has 126 valence electrons. The Kier molecular flexibility index (Phi) is 4.33. The molecule has 0 unspecified atom stereocenters. The molecule has 2 heterocycles. The molecule has 0 atom stereocenters. The van der Waals surface area contributed by atoms with Crippen LogP contribution in [0.4, 0.5) is 10.1 Å². The summed E-state index contributed by atoms with van der Waals surface area (Å²) in [5, 5.41) is 2.70. The Morgan fingerprint density at radius 2 is 1.96 bits per heavy atom. The second kappa shape index (κ2) is 6.29. The Balaban J connectivity index is 1.85. The summed E-state index contributed by atoms with van der Waals surface area (Å²) in [4.78, 5) is 16.5. The van der Waals surface area contributed by atoms with Crippen LogP contribution in [-0.4, -0.2) is 36.4 Å². The molecule has 1 N–H and O–H groups in total. The number of anilines is 1. The van der Waals surface area contributed by atoms with Crippen LogP contribution in [0.2, 0.25) is 0 Å². The van der Waals surface area contributed by atoms with E-state index in [9.17, 15) is 17.6 Å². The van der Waals surface area contributed by atoms with Crippen molar-refractivity contribution in [1.82, 2.24) is 9.29 Å². The van der Waals surface area contributed by atoms with E-state index in [4.69, 9.17) is 0 Å². The van der Waals surface area contributed by atoms with Crippen LogP contribution in [0.5, 0.6) is 0 Å². The maximum absolute atomic E-state index is 12.9. The Labute approximate surface area is 139 Å². The van der Waals surface area contributed by atoms with Crippen LogP contribution in [0.15, 0.2) is 36.7 Å². The quantitative estimate of drug-likeness (QED) is 0.916. The summed E-state index contributed by atoms with van der Waals surface area (Å²) in [5.74, 6) is -0.730. The highest BCUT2D eigenvalue weighted by atomic mass is 32.2. The molecule has 0 radical (unpaired) electrons. The molecular formula is C16H16FN3O3S. The number of amides is 1. The number of hydrogen-bond acceptors (Lipinski definition) is 4. The van der Waals surface area contributed by atoms with Gasteiger partial charge in [0.15, 0.2) is 0 Å². The van der Waals surface area contributed by atoms with E-state index in [1.165, 1.54) is 34.8 Å². The number of carbonyl (C=O) groups is 1. The summed E-state index contributed by atoms with van der Waals surface area (Å²) < 4.78 is 37.6. The zero-order valence-electron chi connectivity index (χ0n) is 13.0. The predicted octanol–water partition coefficient (Wildman–Crippen LogP) is 1.79. The van der Waals surface area contributed by atoms with Crippen LogP contribution < -0.4 is 5.32 Å². The van der Waals surface area contributed by atoms with Crippen molar-refractivity contribution in [3.05, 3.63) is 59.2 Å². The third-order valence-electron chi connectivity index (χ3n) is 3.92. The smallest absolute Gasteiger partial charge is 0.257 e. The van der Waals surface area contributed by atoms with Gasteiger partial charge in [-0.15, -0.1) is 0 Å². The summed E-state index contributed by atoms with van der Waals surface area (Å²) in [6.45, 7) is 0.533. The molecule has 1 amide bonds. The fourth-order valence-electron chi connectivity index (χ4n) is 2.68. The van der Waals surface area contributed by atoms with Crippen LogP contribution in [0.25, 0.3) is 0 Å². The number of carbonyl (C=O) groups excluding carboxylic acids is 1. The minimum atomic E-state index is -3.28. The van der Waals surface area contributed by atoms with Crippen molar-refractivity contribution >= 4 is 21.6 Å². The lowest BCUT2D eigenvalue weighted by Gasteiger charge is -2.27. The molecule has 0 saturated carbocycles. The van der Waals surface area contributed by atoms with Crippen LogP contribution in [0.3, 0.4) is 0 Å². The first-order valence-electron chi connectivity index (χ1n) is 7.32. The van der Waals surface area contributed by atoms with E-state index in [0.717, 1.165) is 17.4 Å². The normalized spacial score (nSPS) is 14.9. The highest BCUT2D eigenvalue weighted by molar-refractivity contribution is 7.88. The van der Waals surface area contributed by atoms with Crippen molar-refractivity contribution in [3.63, 3.8) is 0 Å². The monoisotopic (exact) mass is 349 g/mol. The Morgan fingerprint density at radius 1 is 1.25 bits per heavy atom. The van der Waals surface area contributed by atoms with Gasteiger partial charge in [0, 0.05) is 31.2 Å². The Morgan fingerprint density at radius 3 is 2.62 bits per heavy atom. The van der Waals surface area contributed by atoms with Crippen molar-refractivity contribution in [3.8, 4) is 0 Å². The molecule has 24 heavy (non-hydrogen) atoms. The van der Waals surface area contributed by atoms with Gasteiger partial charge < -0.3 is 5.32 Å². The summed E-state index contributed by atoms with van der Waals surface area (Å²) in [7, 11) is -3.28. The van der Waals surface area contributed by atoms with E-state index in [-0.39, 0.29) is 18.3 Å². The lowest BCUT2D eigenvalue weighted by atomic mass is 9.98. The molecule has 1 aromatic heterocycles. The molecule has 0 bridgehead atoms. The van der Waals surface area contributed by atoms with Gasteiger partial charge in [0.25, 0.3) is 5.91 Å². The number of rotatable bonds is 3. The third-order valence-corrected chi connectivity index (χ3v) is 5.17. The average Bonchev–Trinajstić information content (AvgIpc) is 2.55. The predicted molar refractivity (Wildman–Crippen MR) is 87.5 cm³/mol.